The predicted octanol–water partition coefficient (Wildman–Crippen LogP) is 3.11. The number of piperazine rings is 1. The van der Waals surface area contributed by atoms with Gasteiger partial charge < -0.3 is 9.80 Å². The molecule has 0 aromatic heterocycles. The highest BCUT2D eigenvalue weighted by Crippen LogP contribution is 2.19. The molecule has 6 heteroatoms. The molecule has 0 spiro atoms. The van der Waals surface area contributed by atoms with Gasteiger partial charge in [0.1, 0.15) is 0 Å². The van der Waals surface area contributed by atoms with Gasteiger partial charge in [-0.1, -0.05) is 42.5 Å². The van der Waals surface area contributed by atoms with E-state index in [1.165, 1.54) is 5.69 Å². The quantitative estimate of drug-likeness (QED) is 0.680. The number of hydrogen-bond donors (Lipinski definition) is 1. The SMILES string of the molecule is CN1CCN(c2ccc(CCNS(=O)(=O)c3ccc4ccccc4c3)cc2)CC1. The van der Waals surface area contributed by atoms with E-state index in [9.17, 15) is 8.42 Å². The predicted molar refractivity (Wildman–Crippen MR) is 119 cm³/mol. The van der Waals surface area contributed by atoms with Gasteiger partial charge in [-0.25, -0.2) is 13.1 Å². The average molecular weight is 410 g/mol. The van der Waals surface area contributed by atoms with Crippen LogP contribution in [0, 0.1) is 0 Å². The van der Waals surface area contributed by atoms with Gasteiger partial charge in [0, 0.05) is 38.4 Å². The number of nitrogens with one attached hydrogen (secondary N) is 1. The molecule has 1 heterocycles. The third-order valence-electron chi connectivity index (χ3n) is 5.54. The van der Waals surface area contributed by atoms with Gasteiger partial charge in [-0.3, -0.25) is 0 Å². The number of hydrogen-bond acceptors (Lipinski definition) is 4. The third kappa shape index (κ3) is 4.78. The van der Waals surface area contributed by atoms with Gasteiger partial charge in [-0.15, -0.1) is 0 Å². The van der Waals surface area contributed by atoms with Crippen molar-refractivity contribution < 1.29 is 8.42 Å². The summed E-state index contributed by atoms with van der Waals surface area (Å²) < 4.78 is 28.0. The second-order valence-corrected chi connectivity index (χ2v) is 9.38. The first-order valence-corrected chi connectivity index (χ1v) is 11.5. The van der Waals surface area contributed by atoms with E-state index in [2.05, 4.69) is 45.8 Å². The molecule has 1 N–H and O–H groups in total. The first kappa shape index (κ1) is 19.9. The van der Waals surface area contributed by atoms with E-state index in [1.807, 2.05) is 30.3 Å². The van der Waals surface area contributed by atoms with Gasteiger partial charge in [0.2, 0.25) is 10.0 Å². The Kier molecular flexibility index (Phi) is 5.85. The summed E-state index contributed by atoms with van der Waals surface area (Å²) in [5, 5.41) is 1.96. The molecule has 1 aliphatic heterocycles. The highest BCUT2D eigenvalue weighted by atomic mass is 32.2. The molecule has 3 aromatic rings. The fourth-order valence-corrected chi connectivity index (χ4v) is 4.75. The lowest BCUT2D eigenvalue weighted by molar-refractivity contribution is 0.313. The molecule has 1 fully saturated rings. The molecule has 29 heavy (non-hydrogen) atoms. The Morgan fingerprint density at radius 2 is 1.55 bits per heavy atom. The molecule has 4 rings (SSSR count). The van der Waals surface area contributed by atoms with Crippen LogP contribution in [0.5, 0.6) is 0 Å². The maximum absolute atomic E-state index is 12.6. The zero-order valence-corrected chi connectivity index (χ0v) is 17.5. The molecular weight excluding hydrogens is 382 g/mol. The summed E-state index contributed by atoms with van der Waals surface area (Å²) in [7, 11) is -1.36. The van der Waals surface area contributed by atoms with Gasteiger partial charge in [0.25, 0.3) is 0 Å². The van der Waals surface area contributed by atoms with E-state index in [1.54, 1.807) is 12.1 Å². The number of sulfonamides is 1. The van der Waals surface area contributed by atoms with Crippen LogP contribution in [0.3, 0.4) is 0 Å². The molecule has 0 bridgehead atoms. The fourth-order valence-electron chi connectivity index (χ4n) is 3.69. The Labute approximate surface area is 173 Å². The molecular formula is C23H27N3O2S. The van der Waals surface area contributed by atoms with Crippen molar-refractivity contribution in [3.05, 3.63) is 72.3 Å². The molecule has 0 saturated carbocycles. The Hall–Kier alpha value is -2.41. The van der Waals surface area contributed by atoms with E-state index in [0.29, 0.717) is 17.9 Å². The lowest BCUT2D eigenvalue weighted by atomic mass is 10.1. The molecule has 0 amide bonds. The molecule has 0 aliphatic carbocycles. The van der Waals surface area contributed by atoms with Gasteiger partial charge in [-0.05, 0) is 54.1 Å². The smallest absolute Gasteiger partial charge is 0.240 e. The van der Waals surface area contributed by atoms with Crippen LogP contribution in [0.4, 0.5) is 5.69 Å². The van der Waals surface area contributed by atoms with Gasteiger partial charge in [0.05, 0.1) is 4.90 Å². The maximum atomic E-state index is 12.6. The van der Waals surface area contributed by atoms with Crippen LogP contribution in [0.15, 0.2) is 71.6 Å². The van der Waals surface area contributed by atoms with Crippen molar-refractivity contribution in [1.29, 1.82) is 0 Å². The molecule has 5 nitrogen and oxygen atoms in total. The van der Waals surface area contributed by atoms with E-state index in [-0.39, 0.29) is 0 Å². The zero-order valence-electron chi connectivity index (χ0n) is 16.7. The van der Waals surface area contributed by atoms with E-state index in [0.717, 1.165) is 42.5 Å². The summed E-state index contributed by atoms with van der Waals surface area (Å²) in [4.78, 5) is 5.04. The van der Waals surface area contributed by atoms with Crippen molar-refractivity contribution in [3.63, 3.8) is 0 Å². The summed E-state index contributed by atoms with van der Waals surface area (Å²) in [6.45, 7) is 4.63. The fraction of sp³-hybridized carbons (Fsp3) is 0.304. The second kappa shape index (κ2) is 8.53. The van der Waals surface area contributed by atoms with Crippen molar-refractivity contribution in [2.45, 2.75) is 11.3 Å². The molecule has 0 atom stereocenters. The van der Waals surface area contributed by atoms with Crippen LogP contribution in [0.1, 0.15) is 5.56 Å². The molecule has 152 valence electrons. The normalized spacial score (nSPS) is 15.7. The second-order valence-electron chi connectivity index (χ2n) is 7.61. The van der Waals surface area contributed by atoms with Crippen LogP contribution in [-0.2, 0) is 16.4 Å². The Morgan fingerprint density at radius 1 is 0.862 bits per heavy atom. The topological polar surface area (TPSA) is 52.6 Å². The summed E-state index contributed by atoms with van der Waals surface area (Å²) in [6.07, 6.45) is 0.663. The lowest BCUT2D eigenvalue weighted by Crippen LogP contribution is -2.44. The van der Waals surface area contributed by atoms with Crippen molar-refractivity contribution in [2.24, 2.45) is 0 Å². The van der Waals surface area contributed by atoms with Crippen molar-refractivity contribution in [1.82, 2.24) is 9.62 Å². The lowest BCUT2D eigenvalue weighted by Gasteiger charge is -2.34. The number of anilines is 1. The van der Waals surface area contributed by atoms with Crippen LogP contribution < -0.4 is 9.62 Å². The largest absolute Gasteiger partial charge is 0.369 e. The maximum Gasteiger partial charge on any atom is 0.240 e. The molecule has 1 saturated heterocycles. The molecule has 0 radical (unpaired) electrons. The first-order valence-electron chi connectivity index (χ1n) is 10.0. The number of likely N-dealkylation sites (N-methyl/N-ethyl adjacent to an activating group) is 1. The number of fused-ring (bicyclic) bond motifs is 1. The zero-order chi connectivity index (χ0) is 20.3. The number of rotatable bonds is 6. The molecule has 3 aromatic carbocycles. The van der Waals surface area contributed by atoms with Gasteiger partial charge in [-0.2, -0.15) is 0 Å². The molecule has 1 aliphatic rings. The van der Waals surface area contributed by atoms with Crippen molar-refractivity contribution in [2.75, 3.05) is 44.7 Å². The highest BCUT2D eigenvalue weighted by molar-refractivity contribution is 7.89. The standard InChI is InChI=1S/C23H27N3O2S/c1-25-14-16-26(17-15-25)22-9-6-19(7-10-22)12-13-24-29(27,28)23-11-8-20-4-2-3-5-21(20)18-23/h2-11,18,24H,12-17H2,1H3. The van der Waals surface area contributed by atoms with Gasteiger partial charge >= 0.3 is 0 Å². The summed E-state index contributed by atoms with van der Waals surface area (Å²) in [5.74, 6) is 0. The Morgan fingerprint density at radius 3 is 2.28 bits per heavy atom. The summed E-state index contributed by atoms with van der Waals surface area (Å²) in [5.41, 5.74) is 2.36. The monoisotopic (exact) mass is 409 g/mol. The summed E-state index contributed by atoms with van der Waals surface area (Å²) >= 11 is 0. The van der Waals surface area contributed by atoms with Crippen LogP contribution in [0.2, 0.25) is 0 Å². The minimum atomic E-state index is -3.52. The number of benzene rings is 3. The van der Waals surface area contributed by atoms with Crippen LogP contribution in [0.25, 0.3) is 10.8 Å². The number of nitrogens with zero attached hydrogens (tertiary/aromatic N) is 2. The third-order valence-corrected chi connectivity index (χ3v) is 7.00. The first-order chi connectivity index (χ1) is 14.0. The van der Waals surface area contributed by atoms with E-state index >= 15 is 0 Å². The summed E-state index contributed by atoms with van der Waals surface area (Å²) in [6, 6.07) is 21.5. The van der Waals surface area contributed by atoms with Crippen molar-refractivity contribution in [3.8, 4) is 0 Å². The molecule has 0 unspecified atom stereocenters. The Bertz CT molecular complexity index is 1070. The van der Waals surface area contributed by atoms with Crippen molar-refractivity contribution >= 4 is 26.5 Å². The minimum absolute atomic E-state index is 0.307. The highest BCUT2D eigenvalue weighted by Gasteiger charge is 2.15. The van der Waals surface area contributed by atoms with Crippen LogP contribution in [-0.4, -0.2) is 53.1 Å². The van der Waals surface area contributed by atoms with Crippen LogP contribution >= 0.6 is 0 Å². The average Bonchev–Trinajstić information content (AvgIpc) is 2.74. The Balaban J connectivity index is 1.35. The minimum Gasteiger partial charge on any atom is -0.369 e. The van der Waals surface area contributed by atoms with Gasteiger partial charge in [0.15, 0.2) is 0 Å². The van der Waals surface area contributed by atoms with E-state index < -0.39 is 10.0 Å². The van der Waals surface area contributed by atoms with E-state index in [4.69, 9.17) is 0 Å².